The number of benzene rings is 1. The third kappa shape index (κ3) is 4.45. The summed E-state index contributed by atoms with van der Waals surface area (Å²) >= 11 is 0. The van der Waals surface area contributed by atoms with Gasteiger partial charge in [0.2, 0.25) is 0 Å². The Morgan fingerprint density at radius 1 is 1.39 bits per heavy atom. The van der Waals surface area contributed by atoms with E-state index in [0.29, 0.717) is 22.2 Å². The number of hydrogen-bond donors (Lipinski definition) is 2. The molecule has 2 rings (SSSR count). The lowest BCUT2D eigenvalue weighted by molar-refractivity contribution is -0.154. The summed E-state index contributed by atoms with van der Waals surface area (Å²) in [6, 6.07) is 3.35. The van der Waals surface area contributed by atoms with Gasteiger partial charge in [-0.3, -0.25) is 4.79 Å². The van der Waals surface area contributed by atoms with E-state index in [1.54, 1.807) is 39.8 Å². The molecule has 0 spiro atoms. The number of nitrogen functional groups attached to an aromatic ring is 1. The molecule has 124 valence electrons. The predicted octanol–water partition coefficient (Wildman–Crippen LogP) is 2.22. The zero-order chi connectivity index (χ0) is 17.2. The van der Waals surface area contributed by atoms with Crippen LogP contribution in [0.5, 0.6) is 0 Å². The maximum atomic E-state index is 12.0. The van der Waals surface area contributed by atoms with Crippen molar-refractivity contribution in [1.29, 1.82) is 0 Å². The molecule has 7 nitrogen and oxygen atoms in total. The highest BCUT2D eigenvalue weighted by molar-refractivity contribution is 5.84. The molecule has 0 saturated heterocycles. The largest absolute Gasteiger partial charge is 0.460 e. The summed E-state index contributed by atoms with van der Waals surface area (Å²) in [5.74, 6) is -0.340. The summed E-state index contributed by atoms with van der Waals surface area (Å²) in [5, 5.41) is 3.21. The molecule has 3 N–H and O–H groups in total. The zero-order valence-electron chi connectivity index (χ0n) is 13.7. The Labute approximate surface area is 133 Å². The molecule has 0 saturated carbocycles. The van der Waals surface area contributed by atoms with Crippen molar-refractivity contribution in [1.82, 2.24) is 4.98 Å². The van der Waals surface area contributed by atoms with Gasteiger partial charge in [0, 0.05) is 12.2 Å². The fourth-order valence-corrected chi connectivity index (χ4v) is 2.16. The zero-order valence-corrected chi connectivity index (χ0v) is 13.7. The van der Waals surface area contributed by atoms with Crippen molar-refractivity contribution in [3.8, 4) is 0 Å². The lowest BCUT2D eigenvalue weighted by Crippen LogP contribution is -2.25. The smallest absolute Gasteiger partial charge is 0.348 e. The van der Waals surface area contributed by atoms with Gasteiger partial charge in [-0.25, -0.2) is 4.79 Å². The number of nitrogens with one attached hydrogen (secondary N) is 1. The maximum absolute atomic E-state index is 12.0. The van der Waals surface area contributed by atoms with Crippen LogP contribution in [0.3, 0.4) is 0 Å². The molecule has 0 amide bonds. The molecule has 0 aliphatic carbocycles. The van der Waals surface area contributed by atoms with Crippen molar-refractivity contribution in [2.24, 2.45) is 0 Å². The molecule has 0 atom stereocenters. The number of aromatic nitrogens is 1. The lowest BCUT2D eigenvalue weighted by Gasteiger charge is -2.19. The highest BCUT2D eigenvalue weighted by Crippen LogP contribution is 2.19. The first-order valence-corrected chi connectivity index (χ1v) is 7.32. The number of nitrogens with zero attached hydrogens (tertiary/aromatic N) is 1. The standard InChI is InChI=1S/C16H21N3O4/c1-9-7-10(17)8-11-13(9)14(21)22-15(19-11)18-6-5-12(20)23-16(2,3)4/h7-8H,5-6,17H2,1-4H3,(H,18,19). The van der Waals surface area contributed by atoms with E-state index < -0.39 is 11.2 Å². The molecule has 1 aromatic heterocycles. The van der Waals surface area contributed by atoms with Gasteiger partial charge in [0.25, 0.3) is 6.01 Å². The van der Waals surface area contributed by atoms with E-state index in [9.17, 15) is 9.59 Å². The van der Waals surface area contributed by atoms with E-state index in [2.05, 4.69) is 10.3 Å². The number of carbonyl (C=O) groups excluding carboxylic acids is 1. The average Bonchev–Trinajstić information content (AvgIpc) is 2.34. The minimum absolute atomic E-state index is 0.0519. The Morgan fingerprint density at radius 3 is 2.74 bits per heavy atom. The first kappa shape index (κ1) is 16.8. The number of carbonyl (C=O) groups is 1. The van der Waals surface area contributed by atoms with Crippen LogP contribution in [0.4, 0.5) is 11.7 Å². The number of rotatable bonds is 4. The van der Waals surface area contributed by atoms with Gasteiger partial charge in [-0.2, -0.15) is 4.98 Å². The summed E-state index contributed by atoms with van der Waals surface area (Å²) in [7, 11) is 0. The molecule has 0 radical (unpaired) electrons. The van der Waals surface area contributed by atoms with Crippen molar-refractivity contribution in [3.63, 3.8) is 0 Å². The Hall–Kier alpha value is -2.57. The van der Waals surface area contributed by atoms with Crippen LogP contribution in [0.2, 0.25) is 0 Å². The van der Waals surface area contributed by atoms with Gasteiger partial charge < -0.3 is 20.2 Å². The molecule has 0 unspecified atom stereocenters. The predicted molar refractivity (Wildman–Crippen MR) is 88.4 cm³/mol. The first-order valence-electron chi connectivity index (χ1n) is 7.32. The monoisotopic (exact) mass is 319 g/mol. The second kappa shape index (κ2) is 6.28. The highest BCUT2D eigenvalue weighted by Gasteiger charge is 2.16. The number of fused-ring (bicyclic) bond motifs is 1. The summed E-state index contributed by atoms with van der Waals surface area (Å²) < 4.78 is 10.3. The SMILES string of the molecule is Cc1cc(N)cc2nc(NCCC(=O)OC(C)(C)C)oc(=O)c12. The van der Waals surface area contributed by atoms with Gasteiger partial charge in [-0.1, -0.05) is 0 Å². The van der Waals surface area contributed by atoms with Crippen molar-refractivity contribution in [2.75, 3.05) is 17.6 Å². The Morgan fingerprint density at radius 2 is 2.09 bits per heavy atom. The molecular formula is C16H21N3O4. The van der Waals surface area contributed by atoms with Crippen LogP contribution in [0.15, 0.2) is 21.3 Å². The Bertz CT molecular complexity index is 790. The van der Waals surface area contributed by atoms with Crippen molar-refractivity contribution >= 4 is 28.6 Å². The van der Waals surface area contributed by atoms with E-state index >= 15 is 0 Å². The normalized spacial score (nSPS) is 11.5. The van der Waals surface area contributed by atoms with Crippen LogP contribution >= 0.6 is 0 Å². The van der Waals surface area contributed by atoms with Crippen LogP contribution < -0.4 is 16.7 Å². The van der Waals surface area contributed by atoms with E-state index in [0.717, 1.165) is 0 Å². The van der Waals surface area contributed by atoms with Crippen LogP contribution in [-0.4, -0.2) is 23.1 Å². The molecule has 0 aliphatic heterocycles. The highest BCUT2D eigenvalue weighted by atomic mass is 16.6. The third-order valence-corrected chi connectivity index (χ3v) is 2.98. The van der Waals surface area contributed by atoms with Crippen molar-refractivity contribution in [3.05, 3.63) is 28.1 Å². The molecule has 1 heterocycles. The summed E-state index contributed by atoms with van der Waals surface area (Å²) in [4.78, 5) is 27.9. The van der Waals surface area contributed by atoms with Gasteiger partial charge >= 0.3 is 11.6 Å². The summed E-state index contributed by atoms with van der Waals surface area (Å²) in [6.45, 7) is 7.42. The van der Waals surface area contributed by atoms with E-state index in [1.165, 1.54) is 0 Å². The Balaban J connectivity index is 2.10. The number of ether oxygens (including phenoxy) is 1. The van der Waals surface area contributed by atoms with E-state index in [-0.39, 0.29) is 24.9 Å². The van der Waals surface area contributed by atoms with Crippen molar-refractivity contribution in [2.45, 2.75) is 39.7 Å². The number of anilines is 2. The van der Waals surface area contributed by atoms with Crippen molar-refractivity contribution < 1.29 is 13.9 Å². The van der Waals surface area contributed by atoms with Gasteiger partial charge in [0.15, 0.2) is 0 Å². The average molecular weight is 319 g/mol. The number of nitrogens with two attached hydrogens (primary N) is 1. The van der Waals surface area contributed by atoms with Gasteiger partial charge in [0.05, 0.1) is 17.3 Å². The molecule has 7 heteroatoms. The molecule has 1 aromatic carbocycles. The second-order valence-electron chi connectivity index (χ2n) is 6.30. The maximum Gasteiger partial charge on any atom is 0.348 e. The number of aryl methyl sites for hydroxylation is 1. The molecule has 23 heavy (non-hydrogen) atoms. The fourth-order valence-electron chi connectivity index (χ4n) is 2.16. The third-order valence-electron chi connectivity index (χ3n) is 2.98. The summed E-state index contributed by atoms with van der Waals surface area (Å²) in [6.07, 6.45) is 0.136. The van der Waals surface area contributed by atoms with Crippen LogP contribution in [0, 0.1) is 6.92 Å². The molecule has 2 aromatic rings. The molecular weight excluding hydrogens is 298 g/mol. The summed E-state index contributed by atoms with van der Waals surface area (Å²) in [5.41, 5.74) is 6.44. The fraction of sp³-hybridized carbons (Fsp3) is 0.438. The molecule has 0 fully saturated rings. The van der Waals surface area contributed by atoms with Crippen LogP contribution in [-0.2, 0) is 9.53 Å². The molecule has 0 aliphatic rings. The minimum atomic E-state index is -0.528. The van der Waals surface area contributed by atoms with Crippen LogP contribution in [0.1, 0.15) is 32.8 Å². The first-order chi connectivity index (χ1) is 10.7. The topological polar surface area (TPSA) is 107 Å². The quantitative estimate of drug-likeness (QED) is 0.657. The molecule has 0 bridgehead atoms. The van der Waals surface area contributed by atoms with E-state index in [1.807, 2.05) is 0 Å². The minimum Gasteiger partial charge on any atom is -0.460 e. The Kier molecular flexibility index (Phi) is 4.58. The van der Waals surface area contributed by atoms with Gasteiger partial charge in [-0.05, 0) is 45.4 Å². The second-order valence-corrected chi connectivity index (χ2v) is 6.30. The number of hydrogen-bond acceptors (Lipinski definition) is 7. The van der Waals surface area contributed by atoms with Gasteiger partial charge in [0.1, 0.15) is 5.60 Å². The van der Waals surface area contributed by atoms with Crippen LogP contribution in [0.25, 0.3) is 10.9 Å². The lowest BCUT2D eigenvalue weighted by atomic mass is 10.1. The van der Waals surface area contributed by atoms with E-state index in [4.69, 9.17) is 14.9 Å². The van der Waals surface area contributed by atoms with Gasteiger partial charge in [-0.15, -0.1) is 0 Å². The number of esters is 1.